The third-order valence-corrected chi connectivity index (χ3v) is 4.65. The number of likely N-dealkylation sites (tertiary alicyclic amines) is 1. The Morgan fingerprint density at radius 3 is 2.56 bits per heavy atom. The fourth-order valence-electron chi connectivity index (χ4n) is 3.43. The first-order chi connectivity index (χ1) is 12.7. The van der Waals surface area contributed by atoms with Crippen LogP contribution in [0.3, 0.4) is 0 Å². The molecule has 1 heterocycles. The summed E-state index contributed by atoms with van der Waals surface area (Å²) < 4.78 is 10.8. The van der Waals surface area contributed by atoms with Gasteiger partial charge in [-0.05, 0) is 45.8 Å². The van der Waals surface area contributed by atoms with Gasteiger partial charge in [-0.2, -0.15) is 0 Å². The number of nitrogens with one attached hydrogen (secondary N) is 2. The second-order valence-electron chi connectivity index (χ2n) is 6.72. The van der Waals surface area contributed by atoms with Crippen molar-refractivity contribution >= 4 is 29.9 Å². The van der Waals surface area contributed by atoms with E-state index in [1.807, 2.05) is 12.1 Å². The van der Waals surface area contributed by atoms with Gasteiger partial charge in [0, 0.05) is 25.3 Å². The molecule has 1 aliphatic heterocycles. The van der Waals surface area contributed by atoms with E-state index in [-0.39, 0.29) is 36.1 Å². The molecule has 7 heteroatoms. The van der Waals surface area contributed by atoms with E-state index in [1.54, 1.807) is 14.2 Å². The minimum atomic E-state index is 0. The van der Waals surface area contributed by atoms with Crippen LogP contribution in [0, 0.1) is 0 Å². The normalized spacial score (nSPS) is 17.1. The summed E-state index contributed by atoms with van der Waals surface area (Å²) in [6.45, 7) is 8.56. The monoisotopic (exact) mass is 490 g/mol. The van der Waals surface area contributed by atoms with Gasteiger partial charge < -0.3 is 20.1 Å². The van der Waals surface area contributed by atoms with Crippen LogP contribution in [0.25, 0.3) is 0 Å². The highest BCUT2D eigenvalue weighted by Gasteiger charge is 2.25. The molecule has 0 amide bonds. The molecule has 6 nitrogen and oxygen atoms in total. The van der Waals surface area contributed by atoms with Crippen LogP contribution in [0.15, 0.2) is 29.3 Å². The minimum Gasteiger partial charge on any atom is -0.496 e. The number of halogens is 1. The van der Waals surface area contributed by atoms with Crippen LogP contribution >= 0.6 is 24.0 Å². The zero-order valence-electron chi connectivity index (χ0n) is 17.0. The van der Waals surface area contributed by atoms with Crippen molar-refractivity contribution < 1.29 is 9.47 Å². The van der Waals surface area contributed by atoms with E-state index in [0.29, 0.717) is 13.2 Å². The van der Waals surface area contributed by atoms with Crippen molar-refractivity contribution in [2.24, 2.45) is 4.99 Å². The molecule has 0 radical (unpaired) electrons. The topological polar surface area (TPSA) is 58.1 Å². The fraction of sp³-hybridized carbons (Fsp3) is 0.650. The lowest BCUT2D eigenvalue weighted by molar-refractivity contribution is 0.179. The highest BCUT2D eigenvalue weighted by molar-refractivity contribution is 14.0. The van der Waals surface area contributed by atoms with Gasteiger partial charge >= 0.3 is 0 Å². The molecular formula is C20H35IN4O2. The summed E-state index contributed by atoms with van der Waals surface area (Å²) in [4.78, 5) is 7.39. The number of hydrogen-bond donors (Lipinski definition) is 2. The third-order valence-electron chi connectivity index (χ3n) is 4.65. The summed E-state index contributed by atoms with van der Waals surface area (Å²) in [7, 11) is 3.45. The second-order valence-corrected chi connectivity index (χ2v) is 6.72. The van der Waals surface area contributed by atoms with E-state index in [1.165, 1.54) is 18.4 Å². The Balaban J connectivity index is 0.00000364. The molecule has 2 atom stereocenters. The van der Waals surface area contributed by atoms with Gasteiger partial charge in [0.15, 0.2) is 5.96 Å². The summed E-state index contributed by atoms with van der Waals surface area (Å²) in [6, 6.07) is 8.72. The number of methoxy groups -OCH3 is 2. The molecule has 2 rings (SSSR count). The van der Waals surface area contributed by atoms with Crippen LogP contribution in [0.5, 0.6) is 5.75 Å². The second kappa shape index (κ2) is 13.2. The Bertz CT molecular complexity index is 565. The Morgan fingerprint density at radius 1 is 1.22 bits per heavy atom. The minimum absolute atomic E-state index is 0. The molecule has 2 unspecified atom stereocenters. The lowest BCUT2D eigenvalue weighted by Gasteiger charge is -2.28. The molecule has 1 aliphatic rings. The standard InChI is InChI=1S/C20H34N4O2.HI/c1-5-21-20(23-16(2)15-25-3)22-14-18(24-12-8-9-13-24)17-10-6-7-11-19(17)26-4;/h6-7,10-11,16,18H,5,8-9,12-15H2,1-4H3,(H2,21,22,23);1H. The van der Waals surface area contributed by atoms with Crippen LogP contribution in [0.4, 0.5) is 0 Å². The van der Waals surface area contributed by atoms with Gasteiger partial charge in [-0.15, -0.1) is 24.0 Å². The molecule has 1 aromatic rings. The molecule has 1 saturated heterocycles. The van der Waals surface area contributed by atoms with Crippen molar-refractivity contribution in [1.82, 2.24) is 15.5 Å². The van der Waals surface area contributed by atoms with Gasteiger partial charge in [-0.1, -0.05) is 18.2 Å². The number of benzene rings is 1. The summed E-state index contributed by atoms with van der Waals surface area (Å²) in [5.74, 6) is 1.77. The van der Waals surface area contributed by atoms with E-state index in [9.17, 15) is 0 Å². The van der Waals surface area contributed by atoms with Gasteiger partial charge in [0.2, 0.25) is 0 Å². The smallest absolute Gasteiger partial charge is 0.191 e. The summed E-state index contributed by atoms with van der Waals surface area (Å²) >= 11 is 0. The Labute approximate surface area is 181 Å². The molecule has 0 aromatic heterocycles. The van der Waals surface area contributed by atoms with Crippen LogP contribution in [-0.4, -0.2) is 63.9 Å². The Morgan fingerprint density at radius 2 is 1.93 bits per heavy atom. The van der Waals surface area contributed by atoms with Crippen molar-refractivity contribution in [1.29, 1.82) is 0 Å². The highest BCUT2D eigenvalue weighted by atomic mass is 127. The molecule has 2 N–H and O–H groups in total. The molecule has 0 bridgehead atoms. The molecule has 1 fully saturated rings. The lowest BCUT2D eigenvalue weighted by atomic mass is 10.0. The number of rotatable bonds is 9. The van der Waals surface area contributed by atoms with Crippen LogP contribution in [0.1, 0.15) is 38.3 Å². The summed E-state index contributed by atoms with van der Waals surface area (Å²) in [6.07, 6.45) is 2.50. The quantitative estimate of drug-likeness (QED) is 0.317. The molecular weight excluding hydrogens is 455 g/mol. The number of ether oxygens (including phenoxy) is 2. The maximum atomic E-state index is 5.61. The SMILES string of the molecule is CCNC(=NCC(c1ccccc1OC)N1CCCC1)NC(C)COC.I. The van der Waals surface area contributed by atoms with Crippen molar-refractivity contribution in [3.63, 3.8) is 0 Å². The summed E-state index contributed by atoms with van der Waals surface area (Å²) in [5.41, 5.74) is 1.21. The van der Waals surface area contributed by atoms with E-state index in [4.69, 9.17) is 14.5 Å². The highest BCUT2D eigenvalue weighted by Crippen LogP contribution is 2.31. The van der Waals surface area contributed by atoms with Crippen LogP contribution in [-0.2, 0) is 4.74 Å². The zero-order chi connectivity index (χ0) is 18.8. The fourth-order valence-corrected chi connectivity index (χ4v) is 3.43. The molecule has 1 aromatic carbocycles. The predicted molar refractivity (Wildman–Crippen MR) is 122 cm³/mol. The summed E-state index contributed by atoms with van der Waals surface area (Å²) in [5, 5.41) is 6.74. The van der Waals surface area contributed by atoms with Crippen molar-refractivity contribution in [3.05, 3.63) is 29.8 Å². The molecule has 0 aliphatic carbocycles. The van der Waals surface area contributed by atoms with Crippen molar-refractivity contribution in [2.75, 3.05) is 47.0 Å². The van der Waals surface area contributed by atoms with Gasteiger partial charge in [0.25, 0.3) is 0 Å². The number of guanidine groups is 1. The Kier molecular flexibility index (Phi) is 11.7. The van der Waals surface area contributed by atoms with Crippen molar-refractivity contribution in [3.8, 4) is 5.75 Å². The van der Waals surface area contributed by atoms with Crippen LogP contribution in [0.2, 0.25) is 0 Å². The Hall–Kier alpha value is -1.06. The molecule has 0 spiro atoms. The largest absolute Gasteiger partial charge is 0.496 e. The molecule has 27 heavy (non-hydrogen) atoms. The van der Waals surface area contributed by atoms with E-state index in [2.05, 4.69) is 41.5 Å². The van der Waals surface area contributed by atoms with Gasteiger partial charge in [0.1, 0.15) is 5.75 Å². The number of aliphatic imine (C=N–C) groups is 1. The maximum Gasteiger partial charge on any atom is 0.191 e. The van der Waals surface area contributed by atoms with Gasteiger partial charge in [0.05, 0.1) is 26.3 Å². The van der Waals surface area contributed by atoms with Crippen LogP contribution < -0.4 is 15.4 Å². The van der Waals surface area contributed by atoms with E-state index in [0.717, 1.165) is 31.3 Å². The van der Waals surface area contributed by atoms with Gasteiger partial charge in [-0.25, -0.2) is 0 Å². The van der Waals surface area contributed by atoms with Gasteiger partial charge in [-0.3, -0.25) is 9.89 Å². The third kappa shape index (κ3) is 7.46. The van der Waals surface area contributed by atoms with E-state index < -0.39 is 0 Å². The molecule has 154 valence electrons. The average molecular weight is 490 g/mol. The lowest BCUT2D eigenvalue weighted by Crippen LogP contribution is -2.44. The average Bonchev–Trinajstić information content (AvgIpc) is 3.17. The molecule has 0 saturated carbocycles. The van der Waals surface area contributed by atoms with E-state index >= 15 is 0 Å². The first kappa shape index (κ1) is 24.0. The first-order valence-electron chi connectivity index (χ1n) is 9.60. The number of hydrogen-bond acceptors (Lipinski definition) is 4. The zero-order valence-corrected chi connectivity index (χ0v) is 19.4. The number of nitrogens with zero attached hydrogens (tertiary/aromatic N) is 2. The predicted octanol–water partition coefficient (Wildman–Crippen LogP) is 3.04. The number of para-hydroxylation sites is 1. The van der Waals surface area contributed by atoms with Crippen molar-refractivity contribution in [2.45, 2.75) is 38.8 Å². The maximum absolute atomic E-state index is 5.61. The first-order valence-corrected chi connectivity index (χ1v) is 9.60.